The summed E-state index contributed by atoms with van der Waals surface area (Å²) in [7, 11) is 1.54. The minimum Gasteiger partial charge on any atom is -0.391 e. The predicted octanol–water partition coefficient (Wildman–Crippen LogP) is 0.381. The van der Waals surface area contributed by atoms with Gasteiger partial charge in [-0.1, -0.05) is 5.16 Å². The van der Waals surface area contributed by atoms with E-state index in [1.807, 2.05) is 0 Å². The van der Waals surface area contributed by atoms with E-state index in [-0.39, 0.29) is 42.3 Å². The Bertz CT molecular complexity index is 822. The van der Waals surface area contributed by atoms with E-state index in [0.29, 0.717) is 35.7 Å². The van der Waals surface area contributed by atoms with Crippen molar-refractivity contribution in [3.63, 3.8) is 0 Å². The van der Waals surface area contributed by atoms with Crippen molar-refractivity contribution >= 4 is 5.91 Å². The quantitative estimate of drug-likeness (QED) is 0.688. The number of amides is 1. The third-order valence-corrected chi connectivity index (χ3v) is 4.34. The largest absolute Gasteiger partial charge is 0.391 e. The standard InChI is InChI=1S/C16H20N4O5/c1-8-11(6-21)15(20-25-8)16(23)17-10-3-9(4-10)12-5-14(22)19-13(18-12)7-24-2/h5,9-10,21H,3-4,6-7H2,1-2H3,(H,17,23)(H,18,19,22). The Hall–Kier alpha value is -2.52. The second-order valence-electron chi connectivity index (χ2n) is 6.11. The summed E-state index contributed by atoms with van der Waals surface area (Å²) in [5, 5.41) is 15.9. The molecule has 0 saturated heterocycles. The van der Waals surface area contributed by atoms with Crippen molar-refractivity contribution in [2.24, 2.45) is 0 Å². The number of aromatic amines is 1. The fourth-order valence-electron chi connectivity index (χ4n) is 2.93. The molecule has 25 heavy (non-hydrogen) atoms. The van der Waals surface area contributed by atoms with Gasteiger partial charge >= 0.3 is 0 Å². The molecule has 0 aliphatic heterocycles. The van der Waals surface area contributed by atoms with Gasteiger partial charge in [-0.25, -0.2) is 4.98 Å². The third kappa shape index (κ3) is 3.62. The Balaban J connectivity index is 1.61. The Labute approximate surface area is 143 Å². The molecular formula is C16H20N4O5. The highest BCUT2D eigenvalue weighted by Gasteiger charge is 2.34. The number of nitrogens with zero attached hydrogens (tertiary/aromatic N) is 2. The number of aromatic nitrogens is 3. The van der Waals surface area contributed by atoms with Crippen molar-refractivity contribution in [3.8, 4) is 0 Å². The SMILES string of the molecule is COCc1nc(C2CC(NC(=O)c3noc(C)c3CO)C2)cc(=O)[nH]1. The summed E-state index contributed by atoms with van der Waals surface area (Å²) in [6.07, 6.45) is 1.36. The van der Waals surface area contributed by atoms with E-state index in [1.54, 1.807) is 6.92 Å². The molecule has 2 aromatic heterocycles. The monoisotopic (exact) mass is 348 g/mol. The number of aliphatic hydroxyl groups is 1. The van der Waals surface area contributed by atoms with Gasteiger partial charge in [-0.3, -0.25) is 9.59 Å². The van der Waals surface area contributed by atoms with Crippen molar-refractivity contribution in [2.75, 3.05) is 7.11 Å². The van der Waals surface area contributed by atoms with Gasteiger partial charge < -0.3 is 24.7 Å². The minimum atomic E-state index is -0.372. The van der Waals surface area contributed by atoms with Crippen LogP contribution in [0.3, 0.4) is 0 Å². The van der Waals surface area contributed by atoms with Gasteiger partial charge in [0.2, 0.25) is 0 Å². The molecule has 9 heteroatoms. The number of methoxy groups -OCH3 is 1. The van der Waals surface area contributed by atoms with Gasteiger partial charge in [0.15, 0.2) is 5.69 Å². The van der Waals surface area contributed by atoms with Crippen LogP contribution in [0, 0.1) is 6.92 Å². The highest BCUT2D eigenvalue weighted by Crippen LogP contribution is 2.35. The fraction of sp³-hybridized carbons (Fsp3) is 0.500. The zero-order chi connectivity index (χ0) is 18.0. The summed E-state index contributed by atoms with van der Waals surface area (Å²) in [6, 6.07) is 1.44. The van der Waals surface area contributed by atoms with Crippen molar-refractivity contribution in [1.82, 2.24) is 20.4 Å². The summed E-state index contributed by atoms with van der Waals surface area (Å²) < 4.78 is 9.94. The first kappa shape index (κ1) is 17.3. The van der Waals surface area contributed by atoms with Crippen LogP contribution in [0.15, 0.2) is 15.4 Å². The molecule has 1 fully saturated rings. The maximum atomic E-state index is 12.2. The number of carbonyl (C=O) groups is 1. The topological polar surface area (TPSA) is 130 Å². The lowest BCUT2D eigenvalue weighted by Gasteiger charge is -2.35. The zero-order valence-corrected chi connectivity index (χ0v) is 14.0. The van der Waals surface area contributed by atoms with Crippen molar-refractivity contribution in [1.29, 1.82) is 0 Å². The second kappa shape index (κ2) is 7.16. The number of hydrogen-bond donors (Lipinski definition) is 3. The lowest BCUT2D eigenvalue weighted by Crippen LogP contribution is -2.44. The first-order chi connectivity index (χ1) is 12.0. The van der Waals surface area contributed by atoms with E-state index < -0.39 is 0 Å². The average molecular weight is 348 g/mol. The molecule has 0 radical (unpaired) electrons. The molecule has 0 atom stereocenters. The summed E-state index contributed by atoms with van der Waals surface area (Å²) in [4.78, 5) is 31.0. The Kier molecular flexibility index (Phi) is 4.95. The van der Waals surface area contributed by atoms with E-state index in [1.165, 1.54) is 13.2 Å². The van der Waals surface area contributed by atoms with E-state index in [4.69, 9.17) is 9.26 Å². The molecule has 0 aromatic carbocycles. The molecule has 2 aromatic rings. The fourth-order valence-corrected chi connectivity index (χ4v) is 2.93. The third-order valence-electron chi connectivity index (χ3n) is 4.34. The lowest BCUT2D eigenvalue weighted by molar-refractivity contribution is 0.0896. The predicted molar refractivity (Wildman–Crippen MR) is 86.0 cm³/mol. The number of aryl methyl sites for hydroxylation is 1. The maximum absolute atomic E-state index is 12.2. The molecule has 0 unspecified atom stereocenters. The maximum Gasteiger partial charge on any atom is 0.274 e. The Morgan fingerprint density at radius 1 is 1.52 bits per heavy atom. The number of H-pyrrole nitrogens is 1. The minimum absolute atomic E-state index is 0.0342. The highest BCUT2D eigenvalue weighted by atomic mass is 16.5. The smallest absolute Gasteiger partial charge is 0.274 e. The van der Waals surface area contributed by atoms with E-state index in [2.05, 4.69) is 20.4 Å². The van der Waals surface area contributed by atoms with E-state index in [9.17, 15) is 14.7 Å². The number of carbonyl (C=O) groups excluding carboxylic acids is 1. The first-order valence-electron chi connectivity index (χ1n) is 7.97. The first-order valence-corrected chi connectivity index (χ1v) is 7.97. The molecule has 0 spiro atoms. The second-order valence-corrected chi connectivity index (χ2v) is 6.11. The van der Waals surface area contributed by atoms with Gasteiger partial charge in [-0.2, -0.15) is 0 Å². The van der Waals surface area contributed by atoms with Gasteiger partial charge in [0.05, 0.1) is 17.9 Å². The molecule has 1 aliphatic carbocycles. The van der Waals surface area contributed by atoms with E-state index >= 15 is 0 Å². The van der Waals surface area contributed by atoms with Gasteiger partial charge in [-0.15, -0.1) is 0 Å². The number of nitrogens with one attached hydrogen (secondary N) is 2. The number of hydrogen-bond acceptors (Lipinski definition) is 7. The molecular weight excluding hydrogens is 328 g/mol. The summed E-state index contributed by atoms with van der Waals surface area (Å²) >= 11 is 0. The van der Waals surface area contributed by atoms with Crippen LogP contribution in [-0.2, 0) is 18.0 Å². The highest BCUT2D eigenvalue weighted by molar-refractivity contribution is 5.94. The number of ether oxygens (including phenoxy) is 1. The molecule has 3 rings (SSSR count). The Morgan fingerprint density at radius 3 is 2.96 bits per heavy atom. The van der Waals surface area contributed by atoms with Crippen molar-refractivity contribution in [2.45, 2.75) is 44.9 Å². The molecule has 1 amide bonds. The van der Waals surface area contributed by atoms with Crippen LogP contribution in [-0.4, -0.2) is 39.3 Å². The van der Waals surface area contributed by atoms with Crippen LogP contribution < -0.4 is 10.9 Å². The van der Waals surface area contributed by atoms with Gasteiger partial charge in [0, 0.05) is 25.1 Å². The van der Waals surface area contributed by atoms with Crippen LogP contribution >= 0.6 is 0 Å². The van der Waals surface area contributed by atoms with Crippen LogP contribution in [0.5, 0.6) is 0 Å². The van der Waals surface area contributed by atoms with Crippen LogP contribution in [0.1, 0.15) is 52.1 Å². The Morgan fingerprint density at radius 2 is 2.28 bits per heavy atom. The molecule has 1 saturated carbocycles. The van der Waals surface area contributed by atoms with Gasteiger partial charge in [-0.05, 0) is 19.8 Å². The molecule has 1 aliphatic rings. The summed E-state index contributed by atoms with van der Waals surface area (Å²) in [5.41, 5.74) is 0.999. The van der Waals surface area contributed by atoms with Crippen LogP contribution in [0.2, 0.25) is 0 Å². The number of aliphatic hydroxyl groups excluding tert-OH is 1. The summed E-state index contributed by atoms with van der Waals surface area (Å²) in [5.74, 6) is 0.656. The molecule has 3 N–H and O–H groups in total. The van der Waals surface area contributed by atoms with E-state index in [0.717, 1.165) is 0 Å². The average Bonchev–Trinajstić information content (AvgIpc) is 2.90. The zero-order valence-electron chi connectivity index (χ0n) is 14.0. The molecule has 0 bridgehead atoms. The van der Waals surface area contributed by atoms with Crippen LogP contribution in [0.4, 0.5) is 0 Å². The molecule has 2 heterocycles. The molecule has 134 valence electrons. The molecule has 9 nitrogen and oxygen atoms in total. The normalized spacial score (nSPS) is 19.5. The van der Waals surface area contributed by atoms with Gasteiger partial charge in [0.25, 0.3) is 11.5 Å². The van der Waals surface area contributed by atoms with Crippen molar-refractivity contribution in [3.05, 3.63) is 45.0 Å². The summed E-state index contributed by atoms with van der Waals surface area (Å²) in [6.45, 7) is 1.58. The van der Waals surface area contributed by atoms with Gasteiger partial charge in [0.1, 0.15) is 18.2 Å². The van der Waals surface area contributed by atoms with Crippen molar-refractivity contribution < 1.29 is 19.2 Å². The lowest BCUT2D eigenvalue weighted by atomic mass is 9.78. The number of rotatable bonds is 6. The van der Waals surface area contributed by atoms with Crippen LogP contribution in [0.25, 0.3) is 0 Å².